The van der Waals surface area contributed by atoms with Crippen LogP contribution in [0.2, 0.25) is 0 Å². The third-order valence-electron chi connectivity index (χ3n) is 7.15. The third-order valence-corrected chi connectivity index (χ3v) is 7.15. The van der Waals surface area contributed by atoms with Crippen LogP contribution in [0.5, 0.6) is 0 Å². The topological polar surface area (TPSA) is 105 Å². The van der Waals surface area contributed by atoms with E-state index in [-0.39, 0.29) is 24.9 Å². The molecule has 0 heterocycles. The number of nitrogens with one attached hydrogen (secondary N) is 2. The molecular weight excluding hydrogens is 432 g/mol. The second-order valence-corrected chi connectivity index (χ2v) is 9.54. The Morgan fingerprint density at radius 1 is 1.00 bits per heavy atom. The first-order chi connectivity index (χ1) is 16.4. The molecular formula is C27H32N2O5. The monoisotopic (exact) mass is 464 g/mol. The average molecular weight is 465 g/mol. The van der Waals surface area contributed by atoms with Gasteiger partial charge in [-0.1, -0.05) is 67.8 Å². The molecule has 3 N–H and O–H groups in total. The van der Waals surface area contributed by atoms with Crippen molar-refractivity contribution in [3.8, 4) is 11.1 Å². The second-order valence-electron chi connectivity index (χ2n) is 9.54. The van der Waals surface area contributed by atoms with E-state index in [2.05, 4.69) is 34.9 Å². The maximum absolute atomic E-state index is 12.6. The van der Waals surface area contributed by atoms with Gasteiger partial charge in [0, 0.05) is 12.5 Å². The summed E-state index contributed by atoms with van der Waals surface area (Å²) in [6.45, 7) is 2.08. The number of carbonyl (C=O) groups excluding carboxylic acids is 2. The first-order valence-electron chi connectivity index (χ1n) is 12.0. The number of alkyl carbamates (subject to hydrolysis) is 1. The van der Waals surface area contributed by atoms with Gasteiger partial charge in [-0.3, -0.25) is 9.59 Å². The molecule has 0 saturated heterocycles. The van der Waals surface area contributed by atoms with E-state index in [1.54, 1.807) is 6.92 Å². The second kappa shape index (κ2) is 10.3. The van der Waals surface area contributed by atoms with Crippen molar-refractivity contribution in [2.45, 2.75) is 57.4 Å². The molecule has 0 radical (unpaired) electrons. The molecule has 0 aromatic heterocycles. The lowest BCUT2D eigenvalue weighted by Gasteiger charge is -2.36. The largest absolute Gasteiger partial charge is 0.481 e. The van der Waals surface area contributed by atoms with Crippen LogP contribution in [0.15, 0.2) is 48.5 Å². The van der Waals surface area contributed by atoms with Crippen LogP contribution in [0.3, 0.4) is 0 Å². The molecule has 2 aliphatic rings. The van der Waals surface area contributed by atoms with Crippen molar-refractivity contribution in [1.82, 2.24) is 10.6 Å². The predicted octanol–water partition coefficient (Wildman–Crippen LogP) is 4.46. The van der Waals surface area contributed by atoms with Gasteiger partial charge in [0.25, 0.3) is 0 Å². The fourth-order valence-corrected chi connectivity index (χ4v) is 5.35. The van der Waals surface area contributed by atoms with Crippen LogP contribution in [0.4, 0.5) is 4.79 Å². The van der Waals surface area contributed by atoms with Crippen LogP contribution in [0, 0.1) is 5.41 Å². The van der Waals surface area contributed by atoms with Crippen LogP contribution in [-0.4, -0.2) is 42.3 Å². The molecule has 2 aromatic rings. The lowest BCUT2D eigenvalue weighted by Crippen LogP contribution is -2.48. The summed E-state index contributed by atoms with van der Waals surface area (Å²) in [6.07, 6.45) is 3.99. The molecule has 7 nitrogen and oxygen atoms in total. The molecule has 7 heteroatoms. The highest BCUT2D eigenvalue weighted by molar-refractivity contribution is 5.85. The molecule has 0 spiro atoms. The Bertz CT molecular complexity index is 1010. The lowest BCUT2D eigenvalue weighted by molar-refractivity contribution is -0.140. The molecule has 1 atom stereocenters. The highest BCUT2D eigenvalue weighted by Gasteiger charge is 2.35. The van der Waals surface area contributed by atoms with Crippen molar-refractivity contribution >= 4 is 18.0 Å². The minimum absolute atomic E-state index is 0.0431. The van der Waals surface area contributed by atoms with E-state index in [0.29, 0.717) is 6.54 Å². The zero-order chi connectivity index (χ0) is 24.1. The maximum Gasteiger partial charge on any atom is 0.407 e. The van der Waals surface area contributed by atoms with Crippen LogP contribution < -0.4 is 10.6 Å². The van der Waals surface area contributed by atoms with Gasteiger partial charge in [0.05, 0.1) is 6.42 Å². The minimum Gasteiger partial charge on any atom is -0.481 e. The summed E-state index contributed by atoms with van der Waals surface area (Å²) < 4.78 is 5.52. The van der Waals surface area contributed by atoms with Gasteiger partial charge in [0.15, 0.2) is 0 Å². The number of carboxylic acids is 1. The summed E-state index contributed by atoms with van der Waals surface area (Å²) in [5.41, 5.74) is 4.14. The van der Waals surface area contributed by atoms with Crippen molar-refractivity contribution in [3.63, 3.8) is 0 Å². The van der Waals surface area contributed by atoms with E-state index in [1.165, 1.54) is 0 Å². The minimum atomic E-state index is -0.846. The number of hydrogen-bond donors (Lipinski definition) is 3. The number of ether oxygens (including phenoxy) is 1. The summed E-state index contributed by atoms with van der Waals surface area (Å²) >= 11 is 0. The Morgan fingerprint density at radius 2 is 1.59 bits per heavy atom. The van der Waals surface area contributed by atoms with Crippen LogP contribution in [-0.2, 0) is 14.3 Å². The third kappa shape index (κ3) is 5.24. The zero-order valence-electron chi connectivity index (χ0n) is 19.5. The summed E-state index contributed by atoms with van der Waals surface area (Å²) in [5.74, 6) is -1.24. The SMILES string of the molecule is CC(NC(=O)OCC1c2ccccc2-c2ccccc21)C(=O)NCC1(CC(=O)O)CCCCC1. The summed E-state index contributed by atoms with van der Waals surface area (Å²) in [5, 5.41) is 14.8. The van der Waals surface area contributed by atoms with E-state index in [4.69, 9.17) is 4.74 Å². The number of benzene rings is 2. The van der Waals surface area contributed by atoms with Crippen molar-refractivity contribution in [3.05, 3.63) is 59.7 Å². The van der Waals surface area contributed by atoms with Crippen LogP contribution in [0.1, 0.15) is 62.5 Å². The van der Waals surface area contributed by atoms with Crippen LogP contribution >= 0.6 is 0 Å². The van der Waals surface area contributed by atoms with E-state index in [0.717, 1.165) is 54.4 Å². The molecule has 0 aliphatic heterocycles. The van der Waals surface area contributed by atoms with Crippen molar-refractivity contribution in [1.29, 1.82) is 0 Å². The number of aliphatic carboxylic acids is 1. The summed E-state index contributed by atoms with van der Waals surface area (Å²) in [6, 6.07) is 15.4. The van der Waals surface area contributed by atoms with Gasteiger partial charge in [0.1, 0.15) is 12.6 Å². The Morgan fingerprint density at radius 3 is 2.18 bits per heavy atom. The number of fused-ring (bicyclic) bond motifs is 3. The van der Waals surface area contributed by atoms with Gasteiger partial charge in [-0.2, -0.15) is 0 Å². The molecule has 0 bridgehead atoms. The predicted molar refractivity (Wildman–Crippen MR) is 128 cm³/mol. The van der Waals surface area contributed by atoms with Crippen molar-refractivity contribution in [2.75, 3.05) is 13.2 Å². The van der Waals surface area contributed by atoms with Crippen LogP contribution in [0.25, 0.3) is 11.1 Å². The summed E-state index contributed by atoms with van der Waals surface area (Å²) in [4.78, 5) is 36.4. The normalized spacial score (nSPS) is 17.2. The van der Waals surface area contributed by atoms with E-state index < -0.39 is 23.5 Å². The number of carbonyl (C=O) groups is 3. The molecule has 4 rings (SSSR count). The zero-order valence-corrected chi connectivity index (χ0v) is 19.5. The van der Waals surface area contributed by atoms with E-state index in [1.807, 2.05) is 24.3 Å². The number of rotatable bonds is 8. The smallest absolute Gasteiger partial charge is 0.407 e. The Labute approximate surface area is 199 Å². The maximum atomic E-state index is 12.6. The van der Waals surface area contributed by atoms with Gasteiger partial charge in [-0.15, -0.1) is 0 Å². The molecule has 180 valence electrons. The number of hydrogen-bond acceptors (Lipinski definition) is 4. The van der Waals surface area contributed by atoms with Gasteiger partial charge in [-0.25, -0.2) is 4.79 Å². The Hall–Kier alpha value is -3.35. The Balaban J connectivity index is 1.30. The molecule has 2 aliphatic carbocycles. The lowest BCUT2D eigenvalue weighted by atomic mass is 9.71. The van der Waals surface area contributed by atoms with Gasteiger partial charge >= 0.3 is 12.1 Å². The van der Waals surface area contributed by atoms with Gasteiger partial charge in [0.2, 0.25) is 5.91 Å². The standard InChI is InChI=1S/C27H32N2O5/c1-18(25(32)28-17-27(15-24(30)31)13-7-2-8-14-27)29-26(33)34-16-23-21-11-5-3-9-19(21)20-10-4-6-12-22(20)23/h3-6,9-12,18,23H,2,7-8,13-17H2,1H3,(H,28,32)(H,29,33)(H,30,31). The first kappa shape index (κ1) is 23.8. The average Bonchev–Trinajstić information content (AvgIpc) is 3.15. The molecule has 1 unspecified atom stereocenters. The number of carboxylic acid groups (broad SMARTS) is 1. The number of amides is 2. The van der Waals surface area contributed by atoms with Gasteiger partial charge in [-0.05, 0) is 47.4 Å². The summed E-state index contributed by atoms with van der Waals surface area (Å²) in [7, 11) is 0. The molecule has 1 saturated carbocycles. The quantitative estimate of drug-likeness (QED) is 0.535. The Kier molecular flexibility index (Phi) is 7.20. The highest BCUT2D eigenvalue weighted by atomic mass is 16.5. The van der Waals surface area contributed by atoms with E-state index in [9.17, 15) is 19.5 Å². The molecule has 34 heavy (non-hydrogen) atoms. The van der Waals surface area contributed by atoms with Crippen molar-refractivity contribution in [2.24, 2.45) is 5.41 Å². The van der Waals surface area contributed by atoms with Crippen molar-refractivity contribution < 1.29 is 24.2 Å². The molecule has 2 aromatic carbocycles. The molecule has 2 amide bonds. The fraction of sp³-hybridized carbons (Fsp3) is 0.444. The highest BCUT2D eigenvalue weighted by Crippen LogP contribution is 2.44. The first-order valence-corrected chi connectivity index (χ1v) is 12.0. The molecule has 1 fully saturated rings. The van der Waals surface area contributed by atoms with E-state index >= 15 is 0 Å². The van der Waals surface area contributed by atoms with Gasteiger partial charge < -0.3 is 20.5 Å². The fourth-order valence-electron chi connectivity index (χ4n) is 5.35.